The van der Waals surface area contributed by atoms with Gasteiger partial charge in [0, 0.05) is 8.41 Å². The highest BCUT2D eigenvalue weighted by Crippen LogP contribution is 2.31. The normalized spacial score (nSPS) is 11.8. The Hall–Kier alpha value is -0.325. The molecule has 0 bridgehead atoms. The van der Waals surface area contributed by atoms with E-state index < -0.39 is 0 Å². The van der Waals surface area contributed by atoms with Crippen LogP contribution in [0.2, 0.25) is 0 Å². The highest BCUT2D eigenvalue weighted by Gasteiger charge is 2.04. The fourth-order valence-electron chi connectivity index (χ4n) is 1.00. The van der Waals surface area contributed by atoms with E-state index in [2.05, 4.69) is 19.1 Å². The lowest BCUT2D eigenvalue weighted by molar-refractivity contribution is 0.371. The van der Waals surface area contributed by atoms with Gasteiger partial charge in [0.1, 0.15) is 0 Å². The molecule has 0 fully saturated rings. The van der Waals surface area contributed by atoms with E-state index in [0.717, 1.165) is 6.16 Å². The van der Waals surface area contributed by atoms with Crippen molar-refractivity contribution in [2.45, 2.75) is 6.92 Å². The van der Waals surface area contributed by atoms with Gasteiger partial charge in [0.25, 0.3) is 0 Å². The minimum absolute atomic E-state index is 0. The number of benzene rings is 1. The molecule has 1 nitrogen and oxygen atoms in total. The predicted octanol–water partition coefficient (Wildman–Crippen LogP) is 1.38. The summed E-state index contributed by atoms with van der Waals surface area (Å²) >= 11 is 0. The van der Waals surface area contributed by atoms with Crippen LogP contribution < -0.4 is 5.30 Å². The zero-order valence-electron chi connectivity index (χ0n) is 7.27. The quantitative estimate of drug-likeness (QED) is 0.548. The molecule has 0 saturated heterocycles. The Kier molecular flexibility index (Phi) is 6.05. The van der Waals surface area contributed by atoms with Crippen molar-refractivity contribution in [2.24, 2.45) is 0 Å². The first kappa shape index (κ1) is 11.7. The minimum Gasteiger partial charge on any atom is -0.392 e. The molecular weight excluding hydrogens is 166 g/mol. The molecule has 1 N–H and O–H groups in total. The minimum atomic E-state index is -0.296. The number of hydrogen-bond acceptors (Lipinski definition) is 1. The SMILES string of the molecule is CC[P@@](CO)c1ccccc1.[B]. The van der Waals surface area contributed by atoms with Crippen molar-refractivity contribution in [3.05, 3.63) is 30.3 Å². The van der Waals surface area contributed by atoms with Crippen molar-refractivity contribution in [3.63, 3.8) is 0 Å². The Balaban J connectivity index is 0.00000121. The summed E-state index contributed by atoms with van der Waals surface area (Å²) in [6.45, 7) is 2.12. The molecule has 0 spiro atoms. The predicted molar refractivity (Wildman–Crippen MR) is 56.4 cm³/mol. The molecule has 0 amide bonds. The van der Waals surface area contributed by atoms with Gasteiger partial charge in [-0.05, 0) is 19.4 Å². The molecule has 0 saturated carbocycles. The standard InChI is InChI=1S/C9H13OP.B/c1-2-11(8-10)9-6-4-3-5-7-9;/h3-7,10H,2,8H2,1H3;/t11-;/m0./s1. The van der Waals surface area contributed by atoms with Crippen molar-refractivity contribution in [2.75, 3.05) is 12.5 Å². The molecule has 0 unspecified atom stereocenters. The van der Waals surface area contributed by atoms with Gasteiger partial charge in [-0.3, -0.25) is 0 Å². The molecule has 1 atom stereocenters. The second-order valence-electron chi connectivity index (χ2n) is 2.33. The van der Waals surface area contributed by atoms with Crippen LogP contribution in [0.4, 0.5) is 0 Å². The summed E-state index contributed by atoms with van der Waals surface area (Å²) in [6.07, 6.45) is 1.38. The maximum Gasteiger partial charge on any atom is 0.0666 e. The lowest BCUT2D eigenvalue weighted by Crippen LogP contribution is -2.03. The van der Waals surface area contributed by atoms with Gasteiger partial charge in [-0.15, -0.1) is 0 Å². The summed E-state index contributed by atoms with van der Waals surface area (Å²) in [5.41, 5.74) is 0. The lowest BCUT2D eigenvalue weighted by atomic mass is 10.4. The highest BCUT2D eigenvalue weighted by molar-refractivity contribution is 7.65. The van der Waals surface area contributed by atoms with Crippen LogP contribution in [0.5, 0.6) is 0 Å². The maximum absolute atomic E-state index is 9.01. The Morgan fingerprint density at radius 2 is 1.83 bits per heavy atom. The average Bonchev–Trinajstić information content (AvgIpc) is 2.09. The maximum atomic E-state index is 9.01. The van der Waals surface area contributed by atoms with Crippen LogP contribution >= 0.6 is 7.92 Å². The van der Waals surface area contributed by atoms with Gasteiger partial charge in [0.2, 0.25) is 0 Å². The molecule has 0 aliphatic carbocycles. The van der Waals surface area contributed by atoms with Crippen LogP contribution in [0.1, 0.15) is 6.92 Å². The Morgan fingerprint density at radius 1 is 1.25 bits per heavy atom. The zero-order valence-corrected chi connectivity index (χ0v) is 8.17. The summed E-state index contributed by atoms with van der Waals surface area (Å²) in [5.74, 6) is 0. The monoisotopic (exact) mass is 179 g/mol. The van der Waals surface area contributed by atoms with E-state index >= 15 is 0 Å². The van der Waals surface area contributed by atoms with Gasteiger partial charge in [-0.1, -0.05) is 37.3 Å². The number of aliphatic hydroxyl groups excluding tert-OH is 1. The summed E-state index contributed by atoms with van der Waals surface area (Å²) in [6, 6.07) is 10.2. The summed E-state index contributed by atoms with van der Waals surface area (Å²) in [4.78, 5) is 0. The molecule has 0 aliphatic rings. The topological polar surface area (TPSA) is 20.2 Å². The van der Waals surface area contributed by atoms with Crippen LogP contribution in [-0.4, -0.2) is 26.0 Å². The summed E-state index contributed by atoms with van der Waals surface area (Å²) < 4.78 is 0. The van der Waals surface area contributed by atoms with Crippen molar-refractivity contribution < 1.29 is 5.11 Å². The van der Waals surface area contributed by atoms with Crippen molar-refractivity contribution in [3.8, 4) is 0 Å². The molecule has 0 aliphatic heterocycles. The molecule has 63 valence electrons. The number of hydrogen-bond donors (Lipinski definition) is 1. The Labute approximate surface area is 77.1 Å². The van der Waals surface area contributed by atoms with Crippen molar-refractivity contribution in [1.29, 1.82) is 0 Å². The van der Waals surface area contributed by atoms with Gasteiger partial charge in [0.15, 0.2) is 0 Å². The molecule has 0 heterocycles. The second-order valence-corrected chi connectivity index (χ2v) is 4.84. The van der Waals surface area contributed by atoms with E-state index in [9.17, 15) is 0 Å². The van der Waals surface area contributed by atoms with E-state index in [1.165, 1.54) is 5.30 Å². The second kappa shape index (κ2) is 6.22. The first-order valence-electron chi connectivity index (χ1n) is 3.79. The molecular formula is C9H13BOP. The first-order valence-corrected chi connectivity index (χ1v) is 5.50. The Morgan fingerprint density at radius 3 is 2.25 bits per heavy atom. The molecule has 3 heteroatoms. The number of aliphatic hydroxyl groups is 1. The highest BCUT2D eigenvalue weighted by atomic mass is 31.1. The van der Waals surface area contributed by atoms with E-state index in [4.69, 9.17) is 5.11 Å². The average molecular weight is 179 g/mol. The smallest absolute Gasteiger partial charge is 0.0666 e. The van der Waals surface area contributed by atoms with Gasteiger partial charge in [-0.25, -0.2) is 0 Å². The van der Waals surface area contributed by atoms with Crippen molar-refractivity contribution >= 4 is 21.6 Å². The molecule has 1 rings (SSSR count). The van der Waals surface area contributed by atoms with Gasteiger partial charge < -0.3 is 5.11 Å². The van der Waals surface area contributed by atoms with E-state index in [-0.39, 0.29) is 16.3 Å². The molecule has 12 heavy (non-hydrogen) atoms. The third-order valence-corrected chi connectivity index (χ3v) is 3.81. The Bertz CT molecular complexity index is 199. The first-order chi connectivity index (χ1) is 5.38. The van der Waals surface area contributed by atoms with Crippen LogP contribution in [0.25, 0.3) is 0 Å². The zero-order chi connectivity index (χ0) is 8.10. The summed E-state index contributed by atoms with van der Waals surface area (Å²) in [7, 11) is -0.296. The number of rotatable bonds is 3. The fourth-order valence-corrected chi connectivity index (χ4v) is 2.33. The molecule has 1 aromatic rings. The van der Waals surface area contributed by atoms with Crippen LogP contribution in [0, 0.1) is 0 Å². The fraction of sp³-hybridized carbons (Fsp3) is 0.333. The van der Waals surface area contributed by atoms with Gasteiger partial charge in [-0.2, -0.15) is 0 Å². The summed E-state index contributed by atoms with van der Waals surface area (Å²) in [5, 5.41) is 10.3. The molecule has 3 radical (unpaired) electrons. The van der Waals surface area contributed by atoms with Gasteiger partial charge in [0.05, 0.1) is 6.35 Å². The molecule has 0 aromatic heterocycles. The van der Waals surface area contributed by atoms with Crippen molar-refractivity contribution in [1.82, 2.24) is 0 Å². The lowest BCUT2D eigenvalue weighted by Gasteiger charge is -2.11. The van der Waals surface area contributed by atoms with E-state index in [1.807, 2.05) is 18.2 Å². The van der Waals surface area contributed by atoms with Crippen LogP contribution in [0.15, 0.2) is 30.3 Å². The largest absolute Gasteiger partial charge is 0.392 e. The third-order valence-electron chi connectivity index (χ3n) is 1.67. The van der Waals surface area contributed by atoms with Gasteiger partial charge >= 0.3 is 0 Å². The third kappa shape index (κ3) is 2.96. The van der Waals surface area contributed by atoms with E-state index in [0.29, 0.717) is 6.35 Å². The van der Waals surface area contributed by atoms with Crippen LogP contribution in [-0.2, 0) is 0 Å². The van der Waals surface area contributed by atoms with E-state index in [1.54, 1.807) is 0 Å². The van der Waals surface area contributed by atoms with Crippen LogP contribution in [0.3, 0.4) is 0 Å². The molecule has 1 aromatic carbocycles.